The number of fused-ring (bicyclic) bond motifs is 1. The van der Waals surface area contributed by atoms with Crippen LogP contribution in [0.5, 0.6) is 0 Å². The maximum atomic E-state index is 12.6. The van der Waals surface area contributed by atoms with Crippen LogP contribution >= 0.6 is 0 Å². The number of anilines is 1. The second-order valence-corrected chi connectivity index (χ2v) is 6.58. The summed E-state index contributed by atoms with van der Waals surface area (Å²) >= 11 is 0. The fourth-order valence-corrected chi connectivity index (χ4v) is 3.75. The van der Waals surface area contributed by atoms with Crippen molar-refractivity contribution in [3.63, 3.8) is 0 Å². The van der Waals surface area contributed by atoms with E-state index in [0.717, 1.165) is 29.8 Å². The summed E-state index contributed by atoms with van der Waals surface area (Å²) in [5.74, 6) is 6.88. The van der Waals surface area contributed by atoms with Gasteiger partial charge in [0.15, 0.2) is 0 Å². The van der Waals surface area contributed by atoms with Crippen molar-refractivity contribution in [3.05, 3.63) is 54.0 Å². The number of nitrogens with zero attached hydrogens (tertiary/aromatic N) is 4. The van der Waals surface area contributed by atoms with Gasteiger partial charge in [0.1, 0.15) is 5.82 Å². The largest absolute Gasteiger partial charge is 0.326 e. The number of urea groups is 1. The van der Waals surface area contributed by atoms with Crippen LogP contribution in [0.25, 0.3) is 0 Å². The second kappa shape index (κ2) is 6.56. The van der Waals surface area contributed by atoms with E-state index in [1.54, 1.807) is 18.6 Å². The Kier molecular flexibility index (Phi) is 4.10. The van der Waals surface area contributed by atoms with Gasteiger partial charge in [-0.2, -0.15) is 0 Å². The predicted octanol–water partition coefficient (Wildman–Crippen LogP) is 3.06. The monoisotopic (exact) mass is 332 g/mol. The lowest BCUT2D eigenvalue weighted by atomic mass is 9.90. The minimum Gasteiger partial charge on any atom is -0.322 e. The first-order valence-electron chi connectivity index (χ1n) is 8.68. The molecule has 1 saturated heterocycles. The van der Waals surface area contributed by atoms with E-state index in [0.29, 0.717) is 6.04 Å². The number of aromatic nitrogens is 2. The van der Waals surface area contributed by atoms with Crippen LogP contribution in [0.15, 0.2) is 42.9 Å². The van der Waals surface area contributed by atoms with Crippen LogP contribution in [0.2, 0.25) is 0 Å². The summed E-state index contributed by atoms with van der Waals surface area (Å²) in [5, 5.41) is 0. The Balaban J connectivity index is 1.56. The van der Waals surface area contributed by atoms with Crippen LogP contribution in [0.4, 0.5) is 10.6 Å². The van der Waals surface area contributed by atoms with Gasteiger partial charge in [-0.1, -0.05) is 24.7 Å². The van der Waals surface area contributed by atoms with Crippen LogP contribution in [0.1, 0.15) is 36.8 Å². The average Bonchev–Trinajstić information content (AvgIpc) is 2.92. The van der Waals surface area contributed by atoms with Crippen molar-refractivity contribution in [3.8, 4) is 11.8 Å². The van der Waals surface area contributed by atoms with Crippen molar-refractivity contribution in [1.29, 1.82) is 0 Å². The van der Waals surface area contributed by atoms with E-state index in [-0.39, 0.29) is 12.1 Å². The molecule has 0 radical (unpaired) electrons. The molecule has 0 bridgehead atoms. The van der Waals surface area contributed by atoms with E-state index < -0.39 is 0 Å². The first kappa shape index (κ1) is 15.6. The first-order chi connectivity index (χ1) is 12.2. The Morgan fingerprint density at radius 3 is 2.48 bits per heavy atom. The minimum atomic E-state index is 0.0543. The number of hydrogen-bond donors (Lipinski definition) is 0. The highest BCUT2D eigenvalue weighted by Crippen LogP contribution is 2.35. The van der Waals surface area contributed by atoms with Gasteiger partial charge in [-0.25, -0.2) is 9.78 Å². The Morgan fingerprint density at radius 1 is 1.04 bits per heavy atom. The van der Waals surface area contributed by atoms with Gasteiger partial charge < -0.3 is 4.90 Å². The first-order valence-corrected chi connectivity index (χ1v) is 8.68. The number of carbonyl (C=O) groups excluding carboxylic acids is 1. The summed E-state index contributed by atoms with van der Waals surface area (Å²) in [5.41, 5.74) is 1.70. The normalized spacial score (nSPS) is 22.4. The number of pyridine rings is 2. The van der Waals surface area contributed by atoms with E-state index >= 15 is 0 Å². The van der Waals surface area contributed by atoms with Crippen molar-refractivity contribution >= 4 is 11.8 Å². The fourth-order valence-electron chi connectivity index (χ4n) is 3.75. The van der Waals surface area contributed by atoms with Gasteiger partial charge in [-0.05, 0) is 37.1 Å². The highest BCUT2D eigenvalue weighted by atomic mass is 16.2. The lowest BCUT2D eigenvalue weighted by molar-refractivity contribution is 0.208. The van der Waals surface area contributed by atoms with Crippen LogP contribution < -0.4 is 4.90 Å². The molecule has 3 heterocycles. The third-order valence-electron chi connectivity index (χ3n) is 5.04. The molecular weight excluding hydrogens is 312 g/mol. The Morgan fingerprint density at radius 2 is 1.80 bits per heavy atom. The lowest BCUT2D eigenvalue weighted by Crippen LogP contribution is -2.39. The Labute approximate surface area is 147 Å². The summed E-state index contributed by atoms with van der Waals surface area (Å²) in [7, 11) is 1.90. The molecule has 25 heavy (non-hydrogen) atoms. The number of hydrogen-bond acceptors (Lipinski definition) is 3. The van der Waals surface area contributed by atoms with Gasteiger partial charge in [-0.15, -0.1) is 0 Å². The molecule has 4 rings (SSSR count). The maximum Gasteiger partial charge on any atom is 0.326 e. The number of rotatable bonds is 1. The van der Waals surface area contributed by atoms with E-state index in [9.17, 15) is 4.79 Å². The van der Waals surface area contributed by atoms with Gasteiger partial charge in [0, 0.05) is 36.8 Å². The predicted molar refractivity (Wildman–Crippen MR) is 96.1 cm³/mol. The highest BCUT2D eigenvalue weighted by Gasteiger charge is 2.45. The molecule has 2 unspecified atom stereocenters. The molecule has 0 spiro atoms. The quantitative estimate of drug-likeness (QED) is 0.754. The fraction of sp³-hybridized carbons (Fsp3) is 0.350. The average molecular weight is 332 g/mol. The zero-order valence-corrected chi connectivity index (χ0v) is 14.2. The van der Waals surface area contributed by atoms with Gasteiger partial charge in [0.2, 0.25) is 0 Å². The molecule has 0 N–H and O–H groups in total. The summed E-state index contributed by atoms with van der Waals surface area (Å²) in [6.45, 7) is 0. The van der Waals surface area contributed by atoms with Gasteiger partial charge in [-0.3, -0.25) is 9.88 Å². The van der Waals surface area contributed by atoms with Crippen LogP contribution in [0, 0.1) is 11.8 Å². The molecule has 2 fully saturated rings. The lowest BCUT2D eigenvalue weighted by Gasteiger charge is -2.30. The molecule has 2 atom stereocenters. The summed E-state index contributed by atoms with van der Waals surface area (Å²) in [4.78, 5) is 24.9. The van der Waals surface area contributed by atoms with Gasteiger partial charge >= 0.3 is 6.03 Å². The molecular formula is C20H20N4O. The topological polar surface area (TPSA) is 49.3 Å². The molecule has 2 amide bonds. The Hall–Kier alpha value is -2.87. The molecule has 1 saturated carbocycles. The van der Waals surface area contributed by atoms with Crippen molar-refractivity contribution in [2.24, 2.45) is 0 Å². The molecule has 1 aliphatic carbocycles. The smallest absolute Gasteiger partial charge is 0.322 e. The van der Waals surface area contributed by atoms with Gasteiger partial charge in [0.05, 0.1) is 12.1 Å². The van der Waals surface area contributed by atoms with Crippen molar-refractivity contribution < 1.29 is 4.79 Å². The van der Waals surface area contributed by atoms with E-state index in [2.05, 4.69) is 21.8 Å². The van der Waals surface area contributed by atoms with Gasteiger partial charge in [0.25, 0.3) is 0 Å². The van der Waals surface area contributed by atoms with Crippen LogP contribution in [-0.4, -0.2) is 40.0 Å². The van der Waals surface area contributed by atoms with Crippen LogP contribution in [-0.2, 0) is 0 Å². The summed E-state index contributed by atoms with van der Waals surface area (Å²) in [6.07, 6.45) is 9.70. The molecule has 126 valence electrons. The highest BCUT2D eigenvalue weighted by molar-refractivity contribution is 5.94. The molecule has 5 heteroatoms. The van der Waals surface area contributed by atoms with Crippen molar-refractivity contribution in [2.75, 3.05) is 11.9 Å². The third kappa shape index (κ3) is 2.96. The SMILES string of the molecule is CN1C(=O)N(c2ccc(C#Cc3cccnc3)cn2)C2CCCCC21. The molecule has 2 aromatic heterocycles. The maximum absolute atomic E-state index is 12.6. The van der Waals surface area contributed by atoms with Crippen molar-refractivity contribution in [1.82, 2.24) is 14.9 Å². The number of carbonyl (C=O) groups is 1. The Bertz CT molecular complexity index is 822. The molecule has 0 aromatic carbocycles. The standard InChI is InChI=1S/C20H20N4O/c1-23-17-6-2-3-7-18(17)24(20(23)25)19-11-10-16(14-22-19)9-8-15-5-4-12-21-13-15/h4-5,10-14,17-18H,2-3,6-7H2,1H3. The summed E-state index contributed by atoms with van der Waals surface area (Å²) < 4.78 is 0. The van der Waals surface area contributed by atoms with E-state index in [1.165, 1.54) is 12.8 Å². The van der Waals surface area contributed by atoms with Crippen LogP contribution in [0.3, 0.4) is 0 Å². The summed E-state index contributed by atoms with van der Waals surface area (Å²) in [6, 6.07) is 8.22. The zero-order chi connectivity index (χ0) is 17.2. The third-order valence-corrected chi connectivity index (χ3v) is 5.04. The second-order valence-electron chi connectivity index (χ2n) is 6.58. The molecule has 2 aromatic rings. The molecule has 5 nitrogen and oxygen atoms in total. The molecule has 1 aliphatic heterocycles. The number of amides is 2. The number of likely N-dealkylation sites (N-methyl/N-ethyl adjacent to an activating group) is 1. The van der Waals surface area contributed by atoms with E-state index in [1.807, 2.05) is 41.1 Å². The van der Waals surface area contributed by atoms with E-state index in [4.69, 9.17) is 0 Å². The minimum absolute atomic E-state index is 0.0543. The van der Waals surface area contributed by atoms with Crippen molar-refractivity contribution in [2.45, 2.75) is 37.8 Å². The zero-order valence-electron chi connectivity index (χ0n) is 14.2. The molecule has 2 aliphatic rings.